The number of benzene rings is 1. The van der Waals surface area contributed by atoms with Crippen molar-refractivity contribution in [3.8, 4) is 17.1 Å². The molecule has 2 atom stereocenters. The zero-order valence-electron chi connectivity index (χ0n) is 13.1. The van der Waals surface area contributed by atoms with Gasteiger partial charge in [-0.15, -0.1) is 0 Å². The Hall–Kier alpha value is -3.29. The standard InChI is InChI=1S/C17H14N4O4/c22-21(23)15-8-14(15)17-19-16(20-25-17)12-4-1-5-13(7-12)24-10-11-3-2-6-18-9-11/h1-7,9,14-15H,8,10H2/t14-,15-/m0/s1. The monoisotopic (exact) mass is 338 g/mol. The van der Waals surface area contributed by atoms with Crippen LogP contribution in [0.3, 0.4) is 0 Å². The van der Waals surface area contributed by atoms with Crippen LogP contribution >= 0.6 is 0 Å². The largest absolute Gasteiger partial charge is 0.489 e. The third-order valence-corrected chi connectivity index (χ3v) is 4.01. The number of hydrogen-bond donors (Lipinski definition) is 0. The number of aromatic nitrogens is 3. The van der Waals surface area contributed by atoms with Gasteiger partial charge in [-0.1, -0.05) is 23.4 Å². The average molecular weight is 338 g/mol. The van der Waals surface area contributed by atoms with Crippen molar-refractivity contribution < 1.29 is 14.2 Å². The number of pyridine rings is 1. The van der Waals surface area contributed by atoms with E-state index in [1.165, 1.54) is 0 Å². The van der Waals surface area contributed by atoms with Crippen LogP contribution in [0, 0.1) is 10.1 Å². The molecule has 1 saturated carbocycles. The first-order chi connectivity index (χ1) is 12.2. The van der Waals surface area contributed by atoms with E-state index in [9.17, 15) is 10.1 Å². The molecule has 0 unspecified atom stereocenters. The quantitative estimate of drug-likeness (QED) is 0.502. The average Bonchev–Trinajstić information content (AvgIpc) is 3.31. The highest BCUT2D eigenvalue weighted by Crippen LogP contribution is 2.42. The van der Waals surface area contributed by atoms with Gasteiger partial charge < -0.3 is 9.26 Å². The summed E-state index contributed by atoms with van der Waals surface area (Å²) < 4.78 is 10.9. The minimum Gasteiger partial charge on any atom is -0.489 e. The number of rotatable bonds is 6. The molecule has 1 aliphatic rings. The van der Waals surface area contributed by atoms with Gasteiger partial charge in [-0.05, 0) is 18.2 Å². The highest BCUT2D eigenvalue weighted by molar-refractivity contribution is 5.57. The van der Waals surface area contributed by atoms with Crippen LogP contribution in [0.4, 0.5) is 0 Å². The van der Waals surface area contributed by atoms with E-state index in [2.05, 4.69) is 15.1 Å². The molecule has 25 heavy (non-hydrogen) atoms. The molecule has 1 fully saturated rings. The Kier molecular flexibility index (Phi) is 3.85. The summed E-state index contributed by atoms with van der Waals surface area (Å²) in [6.07, 6.45) is 3.90. The lowest BCUT2D eigenvalue weighted by Gasteiger charge is -2.06. The molecule has 2 heterocycles. The molecule has 8 nitrogen and oxygen atoms in total. The Morgan fingerprint density at radius 2 is 2.24 bits per heavy atom. The summed E-state index contributed by atoms with van der Waals surface area (Å²) >= 11 is 0. The van der Waals surface area contributed by atoms with Gasteiger partial charge in [0.25, 0.3) is 0 Å². The predicted octanol–water partition coefficient (Wildman–Crippen LogP) is 2.84. The second kappa shape index (κ2) is 6.31. The molecule has 0 bridgehead atoms. The van der Waals surface area contributed by atoms with E-state index >= 15 is 0 Å². The van der Waals surface area contributed by atoms with Crippen LogP contribution in [0.15, 0.2) is 53.3 Å². The van der Waals surface area contributed by atoms with E-state index in [4.69, 9.17) is 9.26 Å². The molecule has 8 heteroatoms. The third-order valence-electron chi connectivity index (χ3n) is 4.01. The van der Waals surface area contributed by atoms with Crippen LogP contribution < -0.4 is 4.74 Å². The van der Waals surface area contributed by atoms with Gasteiger partial charge >= 0.3 is 0 Å². The lowest BCUT2D eigenvalue weighted by molar-refractivity contribution is -0.496. The molecular formula is C17H14N4O4. The second-order valence-electron chi connectivity index (χ2n) is 5.83. The number of nitrogens with zero attached hydrogens (tertiary/aromatic N) is 4. The lowest BCUT2D eigenvalue weighted by Crippen LogP contribution is -2.02. The second-order valence-corrected chi connectivity index (χ2v) is 5.83. The minimum absolute atomic E-state index is 0.277. The van der Waals surface area contributed by atoms with E-state index in [0.717, 1.165) is 11.1 Å². The van der Waals surface area contributed by atoms with Crippen molar-refractivity contribution in [2.24, 2.45) is 0 Å². The Morgan fingerprint density at radius 1 is 1.32 bits per heavy atom. The molecule has 1 aliphatic carbocycles. The van der Waals surface area contributed by atoms with Crippen LogP contribution in [-0.4, -0.2) is 26.1 Å². The summed E-state index contributed by atoms with van der Waals surface area (Å²) in [4.78, 5) is 18.8. The Labute approximate surface area is 142 Å². The number of nitro groups is 1. The van der Waals surface area contributed by atoms with Gasteiger partial charge in [0.15, 0.2) is 0 Å². The molecule has 2 aromatic heterocycles. The highest BCUT2D eigenvalue weighted by atomic mass is 16.6. The van der Waals surface area contributed by atoms with Gasteiger partial charge in [0, 0.05) is 34.9 Å². The van der Waals surface area contributed by atoms with Crippen molar-refractivity contribution in [2.75, 3.05) is 0 Å². The van der Waals surface area contributed by atoms with Crippen molar-refractivity contribution in [1.29, 1.82) is 0 Å². The van der Waals surface area contributed by atoms with Gasteiger partial charge in [0.05, 0.1) is 0 Å². The number of ether oxygens (including phenoxy) is 1. The summed E-state index contributed by atoms with van der Waals surface area (Å²) in [6.45, 7) is 0.404. The van der Waals surface area contributed by atoms with Crippen LogP contribution in [-0.2, 0) is 6.61 Å². The van der Waals surface area contributed by atoms with Crippen molar-refractivity contribution in [3.63, 3.8) is 0 Å². The van der Waals surface area contributed by atoms with Crippen molar-refractivity contribution in [3.05, 3.63) is 70.4 Å². The molecule has 0 aliphatic heterocycles. The smallest absolute Gasteiger partial charge is 0.237 e. The SMILES string of the molecule is O=[N+]([O-])[C@H]1C[C@@H]1c1nc(-c2cccc(OCc3cccnc3)c2)no1. The van der Waals surface area contributed by atoms with E-state index < -0.39 is 6.04 Å². The van der Waals surface area contributed by atoms with Crippen LogP contribution in [0.1, 0.15) is 23.8 Å². The maximum atomic E-state index is 10.8. The third kappa shape index (κ3) is 3.32. The van der Waals surface area contributed by atoms with E-state index in [-0.39, 0.29) is 10.8 Å². The molecular weight excluding hydrogens is 324 g/mol. The summed E-state index contributed by atoms with van der Waals surface area (Å²) in [5, 5.41) is 14.7. The molecule has 0 N–H and O–H groups in total. The fourth-order valence-electron chi connectivity index (χ4n) is 2.56. The van der Waals surface area contributed by atoms with E-state index in [1.54, 1.807) is 12.4 Å². The molecule has 0 saturated heterocycles. The fraction of sp³-hybridized carbons (Fsp3) is 0.235. The van der Waals surface area contributed by atoms with Crippen LogP contribution in [0.2, 0.25) is 0 Å². The van der Waals surface area contributed by atoms with Gasteiger partial charge in [0.1, 0.15) is 18.3 Å². The topological polar surface area (TPSA) is 104 Å². The first-order valence-corrected chi connectivity index (χ1v) is 7.80. The zero-order valence-corrected chi connectivity index (χ0v) is 13.1. The van der Waals surface area contributed by atoms with Crippen molar-refractivity contribution >= 4 is 0 Å². The minimum atomic E-state index is -0.609. The lowest BCUT2D eigenvalue weighted by atomic mass is 10.2. The zero-order chi connectivity index (χ0) is 17.2. The summed E-state index contributed by atoms with van der Waals surface area (Å²) in [5.41, 5.74) is 1.70. The fourth-order valence-corrected chi connectivity index (χ4v) is 2.56. The van der Waals surface area contributed by atoms with E-state index in [0.29, 0.717) is 30.5 Å². The molecule has 1 aromatic carbocycles. The van der Waals surface area contributed by atoms with Crippen molar-refractivity contribution in [2.45, 2.75) is 25.0 Å². The molecule has 4 rings (SSSR count). The first kappa shape index (κ1) is 15.3. The molecule has 0 spiro atoms. The van der Waals surface area contributed by atoms with Crippen molar-refractivity contribution in [1.82, 2.24) is 15.1 Å². The van der Waals surface area contributed by atoms with Gasteiger partial charge in [-0.2, -0.15) is 4.98 Å². The summed E-state index contributed by atoms with van der Waals surface area (Å²) in [6, 6.07) is 10.5. The van der Waals surface area contributed by atoms with Gasteiger partial charge in [-0.25, -0.2) is 0 Å². The summed E-state index contributed by atoms with van der Waals surface area (Å²) in [7, 11) is 0. The molecule has 0 amide bonds. The maximum Gasteiger partial charge on any atom is 0.237 e. The summed E-state index contributed by atoms with van der Waals surface area (Å²) in [5.74, 6) is 1.11. The van der Waals surface area contributed by atoms with E-state index in [1.807, 2.05) is 36.4 Å². The van der Waals surface area contributed by atoms with Crippen LogP contribution in [0.5, 0.6) is 5.75 Å². The van der Waals surface area contributed by atoms with Crippen LogP contribution in [0.25, 0.3) is 11.4 Å². The predicted molar refractivity (Wildman–Crippen MR) is 86.4 cm³/mol. The maximum absolute atomic E-state index is 10.8. The molecule has 0 radical (unpaired) electrons. The first-order valence-electron chi connectivity index (χ1n) is 7.80. The van der Waals surface area contributed by atoms with Gasteiger partial charge in [-0.3, -0.25) is 15.1 Å². The van der Waals surface area contributed by atoms with Gasteiger partial charge in [0.2, 0.25) is 17.8 Å². The Bertz CT molecular complexity index is 896. The molecule has 126 valence electrons. The number of hydrogen-bond acceptors (Lipinski definition) is 7. The Morgan fingerprint density at radius 3 is 3.00 bits per heavy atom. The normalized spacial score (nSPS) is 18.7. The molecule has 3 aromatic rings. The Balaban J connectivity index is 1.46. The highest BCUT2D eigenvalue weighted by Gasteiger charge is 2.53.